The van der Waals surface area contributed by atoms with Crippen LogP contribution in [0.5, 0.6) is 0 Å². The minimum absolute atomic E-state index is 0.171. The topological polar surface area (TPSA) is 59.8 Å². The van der Waals surface area contributed by atoms with Crippen molar-refractivity contribution in [2.45, 2.75) is 52.2 Å². The van der Waals surface area contributed by atoms with Crippen molar-refractivity contribution in [3.05, 3.63) is 23.7 Å². The molecule has 2 rings (SSSR count). The zero-order valence-electron chi connectivity index (χ0n) is 12.4. The Kier molecular flexibility index (Phi) is 3.88. The van der Waals surface area contributed by atoms with Crippen LogP contribution in [0.3, 0.4) is 0 Å². The molecular formula is C15H21NO4. The molecule has 0 radical (unpaired) electrons. The molecule has 5 nitrogen and oxygen atoms in total. The first-order valence-electron chi connectivity index (χ1n) is 6.87. The van der Waals surface area contributed by atoms with Crippen molar-refractivity contribution in [3.8, 4) is 0 Å². The van der Waals surface area contributed by atoms with Crippen LogP contribution in [-0.4, -0.2) is 35.0 Å². The van der Waals surface area contributed by atoms with Crippen LogP contribution in [0.4, 0.5) is 0 Å². The number of hydrogen-bond acceptors (Lipinski definition) is 4. The average molecular weight is 279 g/mol. The Morgan fingerprint density at radius 2 is 2.10 bits per heavy atom. The quantitative estimate of drug-likeness (QED) is 0.781. The van der Waals surface area contributed by atoms with Gasteiger partial charge >= 0.3 is 5.97 Å². The highest BCUT2D eigenvalue weighted by Gasteiger charge is 2.37. The monoisotopic (exact) mass is 279 g/mol. The second-order valence-electron chi connectivity index (χ2n) is 6.14. The fourth-order valence-electron chi connectivity index (χ4n) is 2.35. The van der Waals surface area contributed by atoms with Gasteiger partial charge in [-0.3, -0.25) is 4.79 Å². The highest BCUT2D eigenvalue weighted by molar-refractivity contribution is 5.97. The molecule has 1 atom stereocenters. The zero-order chi connectivity index (χ0) is 14.9. The molecule has 1 amide bonds. The van der Waals surface area contributed by atoms with Crippen LogP contribution in [0.1, 0.15) is 49.7 Å². The van der Waals surface area contributed by atoms with Crippen LogP contribution in [0.2, 0.25) is 0 Å². The van der Waals surface area contributed by atoms with Gasteiger partial charge in [0.1, 0.15) is 23.7 Å². The van der Waals surface area contributed by atoms with E-state index in [-0.39, 0.29) is 11.9 Å². The molecule has 110 valence electrons. The van der Waals surface area contributed by atoms with Gasteiger partial charge in [0.25, 0.3) is 5.91 Å². The summed E-state index contributed by atoms with van der Waals surface area (Å²) in [5.41, 5.74) is -0.0568. The fraction of sp³-hybridized carbons (Fsp3) is 0.600. The first-order valence-corrected chi connectivity index (χ1v) is 6.87. The lowest BCUT2D eigenvalue weighted by molar-refractivity contribution is -0.159. The van der Waals surface area contributed by atoms with Gasteiger partial charge in [0, 0.05) is 6.54 Å². The molecule has 0 aliphatic carbocycles. The third-order valence-electron chi connectivity index (χ3n) is 3.17. The summed E-state index contributed by atoms with van der Waals surface area (Å²) in [5, 5.41) is 0. The zero-order valence-corrected chi connectivity index (χ0v) is 12.4. The van der Waals surface area contributed by atoms with E-state index in [1.165, 1.54) is 6.26 Å². The van der Waals surface area contributed by atoms with Gasteiger partial charge in [0.2, 0.25) is 0 Å². The van der Waals surface area contributed by atoms with Crippen LogP contribution < -0.4 is 0 Å². The number of furan rings is 1. The molecule has 20 heavy (non-hydrogen) atoms. The van der Waals surface area contributed by atoms with Crippen LogP contribution in [0.25, 0.3) is 0 Å². The first kappa shape index (κ1) is 14.6. The summed E-state index contributed by atoms with van der Waals surface area (Å²) in [6.45, 7) is 7.83. The van der Waals surface area contributed by atoms with Crippen molar-refractivity contribution in [2.75, 3.05) is 6.54 Å². The molecule has 0 unspecified atom stereocenters. The van der Waals surface area contributed by atoms with E-state index in [0.717, 1.165) is 6.42 Å². The molecule has 0 bridgehead atoms. The number of hydrogen-bond donors (Lipinski definition) is 0. The number of esters is 1. The smallest absolute Gasteiger partial charge is 0.329 e. The van der Waals surface area contributed by atoms with Crippen LogP contribution in [0, 0.1) is 6.92 Å². The molecule has 1 aliphatic rings. The van der Waals surface area contributed by atoms with E-state index in [9.17, 15) is 9.59 Å². The lowest BCUT2D eigenvalue weighted by atomic mass is 10.1. The minimum atomic E-state index is -0.541. The number of likely N-dealkylation sites (tertiary alicyclic amines) is 1. The van der Waals surface area contributed by atoms with E-state index in [4.69, 9.17) is 9.15 Å². The van der Waals surface area contributed by atoms with Crippen molar-refractivity contribution in [2.24, 2.45) is 0 Å². The third kappa shape index (κ3) is 3.21. The Balaban J connectivity index is 2.11. The summed E-state index contributed by atoms with van der Waals surface area (Å²) in [4.78, 5) is 26.2. The van der Waals surface area contributed by atoms with Gasteiger partial charge in [0.15, 0.2) is 0 Å². The van der Waals surface area contributed by atoms with Crippen molar-refractivity contribution in [1.82, 2.24) is 4.90 Å². The molecule has 1 aromatic rings. The minimum Gasteiger partial charge on any atom is -0.469 e. The maximum atomic E-state index is 12.4. The summed E-state index contributed by atoms with van der Waals surface area (Å²) in [6, 6.07) is 1.20. The van der Waals surface area contributed by atoms with Crippen molar-refractivity contribution in [3.63, 3.8) is 0 Å². The molecule has 0 spiro atoms. The summed E-state index contributed by atoms with van der Waals surface area (Å²) in [5.74, 6) is 0.181. The Morgan fingerprint density at radius 3 is 2.65 bits per heavy atom. The normalized spacial score (nSPS) is 19.2. The molecule has 0 saturated carbocycles. The molecule has 1 saturated heterocycles. The van der Waals surface area contributed by atoms with E-state index in [1.807, 2.05) is 20.8 Å². The molecule has 5 heteroatoms. The molecule has 0 aromatic carbocycles. The van der Waals surface area contributed by atoms with Gasteiger partial charge in [-0.25, -0.2) is 4.79 Å². The highest BCUT2D eigenvalue weighted by atomic mass is 16.6. The molecule has 1 aromatic heterocycles. The van der Waals surface area contributed by atoms with E-state index >= 15 is 0 Å². The number of ether oxygens (including phenoxy) is 1. The molecule has 1 aliphatic heterocycles. The Hall–Kier alpha value is -1.78. The predicted molar refractivity (Wildman–Crippen MR) is 73.3 cm³/mol. The number of aryl methyl sites for hydroxylation is 1. The Labute approximate surface area is 118 Å². The number of nitrogens with zero attached hydrogens (tertiary/aromatic N) is 1. The maximum Gasteiger partial charge on any atom is 0.329 e. The van der Waals surface area contributed by atoms with E-state index in [1.54, 1.807) is 17.9 Å². The van der Waals surface area contributed by atoms with Crippen molar-refractivity contribution >= 4 is 11.9 Å². The second-order valence-corrected chi connectivity index (χ2v) is 6.14. The van der Waals surface area contributed by atoms with Gasteiger partial charge < -0.3 is 14.1 Å². The lowest BCUT2D eigenvalue weighted by Gasteiger charge is -2.27. The van der Waals surface area contributed by atoms with Crippen molar-refractivity contribution < 1.29 is 18.7 Å². The summed E-state index contributed by atoms with van der Waals surface area (Å²) < 4.78 is 10.5. The average Bonchev–Trinajstić information content (AvgIpc) is 2.93. The second kappa shape index (κ2) is 5.31. The molecular weight excluding hydrogens is 258 g/mol. The highest BCUT2D eigenvalue weighted by Crippen LogP contribution is 2.23. The van der Waals surface area contributed by atoms with Gasteiger partial charge in [0.05, 0.1) is 5.56 Å². The summed E-state index contributed by atoms with van der Waals surface area (Å²) >= 11 is 0. The standard InChI is InChI=1S/C15H21NO4/c1-10-8-11(9-19-10)13(17)16-7-5-6-12(16)14(18)20-15(2,3)4/h8-9,12H,5-7H2,1-4H3/t12-/m0/s1. The van der Waals surface area contributed by atoms with Crippen molar-refractivity contribution in [1.29, 1.82) is 0 Å². The van der Waals surface area contributed by atoms with Gasteiger partial charge in [-0.05, 0) is 46.6 Å². The Morgan fingerprint density at radius 1 is 1.40 bits per heavy atom. The summed E-state index contributed by atoms with van der Waals surface area (Å²) in [6.07, 6.45) is 2.89. The van der Waals surface area contributed by atoms with Crippen LogP contribution >= 0.6 is 0 Å². The SMILES string of the molecule is Cc1cc(C(=O)N2CCC[C@H]2C(=O)OC(C)(C)C)co1. The summed E-state index contributed by atoms with van der Waals surface area (Å²) in [7, 11) is 0. The molecule has 1 fully saturated rings. The van der Waals surface area contributed by atoms with E-state index in [0.29, 0.717) is 24.3 Å². The maximum absolute atomic E-state index is 12.4. The van der Waals surface area contributed by atoms with Gasteiger partial charge in [-0.2, -0.15) is 0 Å². The third-order valence-corrected chi connectivity index (χ3v) is 3.17. The first-order chi connectivity index (χ1) is 9.28. The number of amides is 1. The van der Waals surface area contributed by atoms with Gasteiger partial charge in [-0.1, -0.05) is 0 Å². The molecule has 2 heterocycles. The van der Waals surface area contributed by atoms with Gasteiger partial charge in [-0.15, -0.1) is 0 Å². The van der Waals surface area contributed by atoms with Crippen LogP contribution in [0.15, 0.2) is 16.7 Å². The number of carbonyl (C=O) groups excluding carboxylic acids is 2. The van der Waals surface area contributed by atoms with Crippen LogP contribution in [-0.2, 0) is 9.53 Å². The number of rotatable bonds is 2. The largest absolute Gasteiger partial charge is 0.469 e. The molecule has 0 N–H and O–H groups in total. The predicted octanol–water partition coefficient (Wildman–Crippen LogP) is 2.53. The fourth-order valence-corrected chi connectivity index (χ4v) is 2.35. The number of carbonyl (C=O) groups is 2. The van der Waals surface area contributed by atoms with E-state index < -0.39 is 11.6 Å². The Bertz CT molecular complexity index is 512. The lowest BCUT2D eigenvalue weighted by Crippen LogP contribution is -2.43. The van der Waals surface area contributed by atoms with E-state index in [2.05, 4.69) is 0 Å².